The molecular formula is C19H19O6PS. The van der Waals surface area contributed by atoms with Crippen LogP contribution >= 0.6 is 21.9 Å². The van der Waals surface area contributed by atoms with Gasteiger partial charge in [-0.25, -0.2) is 0 Å². The quantitative estimate of drug-likeness (QED) is 0.254. The number of hydrogen-bond acceptors (Lipinski definition) is 7. The molecule has 0 radical (unpaired) electrons. The molecule has 1 atom stereocenters. The van der Waals surface area contributed by atoms with Gasteiger partial charge >= 0.3 is 0 Å². The number of phenolic OH excluding ortho intramolecular Hbond substituents is 3. The Morgan fingerprint density at radius 1 is 1.15 bits per heavy atom. The molecule has 1 unspecified atom stereocenters. The number of aromatic hydroxyl groups is 3. The summed E-state index contributed by atoms with van der Waals surface area (Å²) >= 11 is 4.16. The largest absolute Gasteiger partial charge is 0.507 e. The van der Waals surface area contributed by atoms with Gasteiger partial charge in [-0.15, -0.1) is 12.6 Å². The third kappa shape index (κ3) is 4.26. The zero-order valence-corrected chi connectivity index (χ0v) is 16.7. The number of methoxy groups -OCH3 is 1. The van der Waals surface area contributed by atoms with Crippen molar-refractivity contribution in [3.8, 4) is 23.0 Å². The summed E-state index contributed by atoms with van der Waals surface area (Å²) in [5.41, 5.74) is 0.0889. The highest BCUT2D eigenvalue weighted by molar-refractivity contribution is 7.90. The number of aryl methyl sites for hydroxylation is 1. The smallest absolute Gasteiger partial charge is 0.201 e. The Hall–Kier alpha value is -2.50. The highest BCUT2D eigenvalue weighted by Crippen LogP contribution is 2.38. The molecule has 0 heterocycles. The molecule has 0 fully saturated rings. The van der Waals surface area contributed by atoms with E-state index in [4.69, 9.17) is 4.74 Å². The van der Waals surface area contributed by atoms with Crippen LogP contribution in [0.5, 0.6) is 23.0 Å². The van der Waals surface area contributed by atoms with E-state index in [1.165, 1.54) is 25.3 Å². The molecular weight excluding hydrogens is 387 g/mol. The molecule has 0 bridgehead atoms. The zero-order valence-electron chi connectivity index (χ0n) is 14.7. The maximum Gasteiger partial charge on any atom is 0.201 e. The fourth-order valence-electron chi connectivity index (χ4n) is 2.78. The summed E-state index contributed by atoms with van der Waals surface area (Å²) in [5.74, 6) is -1.93. The summed E-state index contributed by atoms with van der Waals surface area (Å²) in [6.07, 6.45) is 2.18. The van der Waals surface area contributed by atoms with E-state index in [0.29, 0.717) is 22.1 Å². The SMILES string of the molecule is COc1cc(O)c(C=O)c(C(=O)c2c(O)cc(C)cc2O)c1C/C=C(\P)S. The number of ether oxygens (including phenoxy) is 1. The number of hydrogen-bond donors (Lipinski definition) is 4. The molecule has 8 heteroatoms. The van der Waals surface area contributed by atoms with Crippen LogP contribution in [0.15, 0.2) is 28.9 Å². The molecule has 0 spiro atoms. The van der Waals surface area contributed by atoms with Gasteiger partial charge in [0.05, 0.1) is 12.7 Å². The van der Waals surface area contributed by atoms with Crippen LogP contribution in [0.4, 0.5) is 0 Å². The molecule has 0 saturated heterocycles. The van der Waals surface area contributed by atoms with Gasteiger partial charge < -0.3 is 20.1 Å². The summed E-state index contributed by atoms with van der Waals surface area (Å²) in [4.78, 5) is 24.8. The van der Waals surface area contributed by atoms with Crippen LogP contribution in [0, 0.1) is 6.92 Å². The molecule has 142 valence electrons. The predicted octanol–water partition coefficient (Wildman–Crippen LogP) is 3.35. The fourth-order valence-corrected chi connectivity index (χ4v) is 2.99. The van der Waals surface area contributed by atoms with Crippen LogP contribution in [0.25, 0.3) is 0 Å². The first-order valence-electron chi connectivity index (χ1n) is 7.81. The van der Waals surface area contributed by atoms with Crippen LogP contribution < -0.4 is 4.74 Å². The van der Waals surface area contributed by atoms with Gasteiger partial charge in [0.15, 0.2) is 6.29 Å². The number of ketones is 1. The minimum absolute atomic E-state index is 0.160. The third-order valence-corrected chi connectivity index (χ3v) is 4.38. The molecule has 6 nitrogen and oxygen atoms in total. The zero-order chi connectivity index (χ0) is 20.3. The van der Waals surface area contributed by atoms with Crippen molar-refractivity contribution in [3.05, 3.63) is 56.7 Å². The first kappa shape index (κ1) is 20.8. The number of benzene rings is 2. The van der Waals surface area contributed by atoms with Crippen LogP contribution in [0.2, 0.25) is 0 Å². The van der Waals surface area contributed by atoms with E-state index < -0.39 is 23.0 Å². The highest BCUT2D eigenvalue weighted by Gasteiger charge is 2.28. The first-order valence-corrected chi connectivity index (χ1v) is 8.83. The number of phenols is 3. The molecule has 27 heavy (non-hydrogen) atoms. The molecule has 0 aliphatic carbocycles. The maximum atomic E-state index is 13.2. The normalized spacial score (nSPS) is 11.3. The van der Waals surface area contributed by atoms with Crippen molar-refractivity contribution in [3.63, 3.8) is 0 Å². The van der Waals surface area contributed by atoms with Crippen LogP contribution in [0.3, 0.4) is 0 Å². The Bertz CT molecular complexity index is 925. The Morgan fingerprint density at radius 3 is 2.22 bits per heavy atom. The summed E-state index contributed by atoms with van der Waals surface area (Å²) in [7, 11) is 3.74. The van der Waals surface area contributed by atoms with E-state index in [-0.39, 0.29) is 28.9 Å². The molecule has 0 saturated carbocycles. The number of carbonyl (C=O) groups is 2. The van der Waals surface area contributed by atoms with Crippen molar-refractivity contribution < 1.29 is 29.6 Å². The molecule has 2 rings (SSSR count). The van der Waals surface area contributed by atoms with E-state index >= 15 is 0 Å². The van der Waals surface area contributed by atoms with Gasteiger partial charge in [0, 0.05) is 17.2 Å². The average molecular weight is 406 g/mol. The van der Waals surface area contributed by atoms with Gasteiger partial charge in [0.1, 0.15) is 28.6 Å². The first-order chi connectivity index (χ1) is 12.7. The minimum atomic E-state index is -0.811. The number of aldehydes is 1. The topological polar surface area (TPSA) is 104 Å². The van der Waals surface area contributed by atoms with Crippen LogP contribution in [-0.2, 0) is 6.42 Å². The number of thiol groups is 1. The molecule has 3 N–H and O–H groups in total. The standard InChI is InChI=1S/C19H19O6PS/c1-9-5-13(22)18(14(23)6-9)19(24)17-10(3-4-16(26)27)15(25-2)7-12(21)11(17)8-20/h4-8,21-23,27H,3,26H2,1-2H3/b16-4+. The lowest BCUT2D eigenvalue weighted by atomic mass is 9.90. The third-order valence-electron chi connectivity index (χ3n) is 3.96. The van der Waals surface area contributed by atoms with Crippen molar-refractivity contribution in [1.29, 1.82) is 0 Å². The van der Waals surface area contributed by atoms with Crippen molar-refractivity contribution in [2.24, 2.45) is 0 Å². The molecule has 0 amide bonds. The number of rotatable bonds is 6. The molecule has 2 aromatic carbocycles. The van der Waals surface area contributed by atoms with Gasteiger partial charge in [-0.3, -0.25) is 9.59 Å². The van der Waals surface area contributed by atoms with Gasteiger partial charge in [-0.1, -0.05) is 15.3 Å². The molecule has 0 aliphatic heterocycles. The number of carbonyl (C=O) groups excluding carboxylic acids is 2. The van der Waals surface area contributed by atoms with Gasteiger partial charge in [0.2, 0.25) is 5.78 Å². The second-order valence-corrected chi connectivity index (χ2v) is 7.45. The van der Waals surface area contributed by atoms with Crippen LogP contribution in [0.1, 0.15) is 37.4 Å². The lowest BCUT2D eigenvalue weighted by molar-refractivity contribution is 0.102. The second kappa shape index (κ2) is 8.46. The monoisotopic (exact) mass is 406 g/mol. The Kier molecular flexibility index (Phi) is 6.52. The summed E-state index contributed by atoms with van der Waals surface area (Å²) in [6.45, 7) is 1.64. The summed E-state index contributed by atoms with van der Waals surface area (Å²) < 4.78 is 5.84. The Balaban J connectivity index is 2.84. The lowest BCUT2D eigenvalue weighted by Gasteiger charge is -2.17. The van der Waals surface area contributed by atoms with Crippen molar-refractivity contribution >= 4 is 33.9 Å². The second-order valence-electron chi connectivity index (χ2n) is 5.82. The maximum absolute atomic E-state index is 13.2. The lowest BCUT2D eigenvalue weighted by Crippen LogP contribution is -2.12. The van der Waals surface area contributed by atoms with Gasteiger partial charge in [-0.2, -0.15) is 0 Å². The average Bonchev–Trinajstić information content (AvgIpc) is 2.58. The summed E-state index contributed by atoms with van der Waals surface area (Å²) in [5, 5.41) is 30.5. The van der Waals surface area contributed by atoms with E-state index in [2.05, 4.69) is 21.9 Å². The van der Waals surface area contributed by atoms with E-state index in [1.54, 1.807) is 13.0 Å². The molecule has 2 aromatic rings. The molecule has 0 aromatic heterocycles. The van der Waals surface area contributed by atoms with Crippen molar-refractivity contribution in [2.45, 2.75) is 13.3 Å². The fraction of sp³-hybridized carbons (Fsp3) is 0.158. The van der Waals surface area contributed by atoms with Crippen molar-refractivity contribution in [1.82, 2.24) is 0 Å². The van der Waals surface area contributed by atoms with E-state index in [0.717, 1.165) is 0 Å². The van der Waals surface area contributed by atoms with E-state index in [9.17, 15) is 24.9 Å². The van der Waals surface area contributed by atoms with Gasteiger partial charge in [-0.05, 0) is 35.7 Å². The highest BCUT2D eigenvalue weighted by atomic mass is 32.1. The Morgan fingerprint density at radius 2 is 1.74 bits per heavy atom. The molecule has 0 aliphatic rings. The predicted molar refractivity (Wildman–Crippen MR) is 108 cm³/mol. The van der Waals surface area contributed by atoms with E-state index in [1.807, 2.05) is 0 Å². The van der Waals surface area contributed by atoms with Gasteiger partial charge in [0.25, 0.3) is 0 Å². The Labute approximate surface area is 164 Å². The van der Waals surface area contributed by atoms with Crippen molar-refractivity contribution in [2.75, 3.05) is 7.11 Å². The minimum Gasteiger partial charge on any atom is -0.507 e. The van der Waals surface area contributed by atoms with Crippen LogP contribution in [-0.4, -0.2) is 34.5 Å². The summed E-state index contributed by atoms with van der Waals surface area (Å²) in [6, 6.07) is 3.88. The number of allylic oxidation sites excluding steroid dienone is 1.